The van der Waals surface area contributed by atoms with Crippen molar-refractivity contribution in [1.29, 1.82) is 0 Å². The number of rotatable bonds is 6. The number of ether oxygens (including phenoxy) is 1. The highest BCUT2D eigenvalue weighted by atomic mass is 32.1. The fraction of sp³-hybridized carbons (Fsp3) is 0.304. The molecule has 1 saturated heterocycles. The zero-order chi connectivity index (χ0) is 20.4. The normalized spacial score (nSPS) is 18.9. The Morgan fingerprint density at radius 3 is 2.55 bits per heavy atom. The minimum absolute atomic E-state index is 0.00459. The van der Waals surface area contributed by atoms with E-state index >= 15 is 0 Å². The Labute approximate surface area is 177 Å². The van der Waals surface area contributed by atoms with Crippen LogP contribution in [0.3, 0.4) is 0 Å². The summed E-state index contributed by atoms with van der Waals surface area (Å²) >= 11 is 5.76. The number of thiocarbonyl (C=S) groups is 1. The van der Waals surface area contributed by atoms with Crippen LogP contribution in [0.25, 0.3) is 0 Å². The standard InChI is InChI=1S/C23H26N4OS/c1-16(2)26-13-11-18(15-26)22-21(20-6-4-5-12-24-20)25-23(29)27(22)14-17-7-9-19(28-3)10-8-17/h4-13,15-16,21-22H,14H2,1-3H3,(H,25,29)/t21-,22-/m0/s1. The summed E-state index contributed by atoms with van der Waals surface area (Å²) in [4.78, 5) is 6.87. The molecular formula is C23H26N4OS. The van der Waals surface area contributed by atoms with Crippen molar-refractivity contribution in [2.45, 2.75) is 38.5 Å². The van der Waals surface area contributed by atoms with E-state index in [0.29, 0.717) is 6.04 Å². The van der Waals surface area contributed by atoms with Crippen molar-refractivity contribution in [1.82, 2.24) is 19.8 Å². The zero-order valence-electron chi connectivity index (χ0n) is 16.9. The Hall–Kier alpha value is -2.86. The molecule has 2 aromatic heterocycles. The van der Waals surface area contributed by atoms with Crippen LogP contribution in [-0.4, -0.2) is 26.7 Å². The molecular weight excluding hydrogens is 380 g/mol. The minimum Gasteiger partial charge on any atom is -0.497 e. The number of hydrogen-bond acceptors (Lipinski definition) is 3. The van der Waals surface area contributed by atoms with Crippen molar-refractivity contribution in [2.75, 3.05) is 7.11 Å². The fourth-order valence-electron chi connectivity index (χ4n) is 3.79. The molecule has 0 radical (unpaired) electrons. The third kappa shape index (κ3) is 3.98. The average molecular weight is 407 g/mol. The van der Waals surface area contributed by atoms with Gasteiger partial charge in [0.1, 0.15) is 5.75 Å². The first kappa shape index (κ1) is 19.5. The van der Waals surface area contributed by atoms with Gasteiger partial charge in [-0.3, -0.25) is 4.98 Å². The predicted octanol–water partition coefficient (Wildman–Crippen LogP) is 4.65. The number of nitrogens with one attached hydrogen (secondary N) is 1. The Balaban J connectivity index is 1.69. The van der Waals surface area contributed by atoms with Crippen LogP contribution in [0.4, 0.5) is 0 Å². The van der Waals surface area contributed by atoms with Crippen LogP contribution < -0.4 is 10.1 Å². The number of nitrogens with zero attached hydrogens (tertiary/aromatic N) is 3. The number of hydrogen-bond donors (Lipinski definition) is 1. The van der Waals surface area contributed by atoms with Crippen molar-refractivity contribution >= 4 is 17.3 Å². The summed E-state index contributed by atoms with van der Waals surface area (Å²) in [5.74, 6) is 0.854. The van der Waals surface area contributed by atoms with E-state index in [9.17, 15) is 0 Å². The van der Waals surface area contributed by atoms with Crippen LogP contribution in [0.2, 0.25) is 0 Å². The highest BCUT2D eigenvalue weighted by Gasteiger charge is 2.40. The average Bonchev–Trinajstić information content (AvgIpc) is 3.35. The molecule has 0 aliphatic carbocycles. The largest absolute Gasteiger partial charge is 0.497 e. The lowest BCUT2D eigenvalue weighted by Crippen LogP contribution is -2.29. The van der Waals surface area contributed by atoms with Gasteiger partial charge < -0.3 is 19.5 Å². The Morgan fingerprint density at radius 2 is 1.93 bits per heavy atom. The lowest BCUT2D eigenvalue weighted by molar-refractivity contribution is 0.310. The number of benzene rings is 1. The van der Waals surface area contributed by atoms with Gasteiger partial charge in [0.15, 0.2) is 5.11 Å². The zero-order valence-corrected chi connectivity index (χ0v) is 17.8. The first-order valence-electron chi connectivity index (χ1n) is 9.85. The molecule has 0 saturated carbocycles. The summed E-state index contributed by atoms with van der Waals surface area (Å²) in [6, 6.07) is 16.9. The molecule has 4 rings (SSSR count). The molecule has 3 aromatic rings. The summed E-state index contributed by atoms with van der Waals surface area (Å²) < 4.78 is 7.52. The summed E-state index contributed by atoms with van der Waals surface area (Å²) in [5.41, 5.74) is 3.41. The molecule has 2 atom stereocenters. The molecule has 1 N–H and O–H groups in total. The molecule has 29 heavy (non-hydrogen) atoms. The third-order valence-electron chi connectivity index (χ3n) is 5.38. The maximum absolute atomic E-state index is 5.76. The van der Waals surface area contributed by atoms with Crippen molar-refractivity contribution < 1.29 is 4.74 Å². The van der Waals surface area contributed by atoms with E-state index < -0.39 is 0 Å². The lowest BCUT2D eigenvalue weighted by Gasteiger charge is -2.27. The second-order valence-corrected chi connectivity index (χ2v) is 7.98. The van der Waals surface area contributed by atoms with Gasteiger partial charge in [0.2, 0.25) is 0 Å². The maximum Gasteiger partial charge on any atom is 0.170 e. The van der Waals surface area contributed by atoms with Crippen LogP contribution in [0.15, 0.2) is 67.1 Å². The highest BCUT2D eigenvalue weighted by Crippen LogP contribution is 2.39. The number of aromatic nitrogens is 2. The molecule has 3 heterocycles. The SMILES string of the molecule is COc1ccc(CN2C(=S)N[C@@H](c3ccccn3)[C@@H]2c2ccn(C(C)C)c2)cc1. The molecule has 0 bridgehead atoms. The summed E-state index contributed by atoms with van der Waals surface area (Å²) in [7, 11) is 1.68. The Bertz CT molecular complexity index is 968. The quantitative estimate of drug-likeness (QED) is 0.604. The van der Waals surface area contributed by atoms with Gasteiger partial charge >= 0.3 is 0 Å². The predicted molar refractivity (Wildman–Crippen MR) is 119 cm³/mol. The number of methoxy groups -OCH3 is 1. The van der Waals surface area contributed by atoms with E-state index in [-0.39, 0.29) is 12.1 Å². The van der Waals surface area contributed by atoms with Gasteiger partial charge in [-0.15, -0.1) is 0 Å². The monoisotopic (exact) mass is 406 g/mol. The Kier molecular flexibility index (Phi) is 5.53. The lowest BCUT2D eigenvalue weighted by atomic mass is 9.98. The second kappa shape index (κ2) is 8.25. The molecule has 1 fully saturated rings. The van der Waals surface area contributed by atoms with E-state index in [1.807, 2.05) is 30.5 Å². The third-order valence-corrected chi connectivity index (χ3v) is 5.74. The van der Waals surface area contributed by atoms with Crippen LogP contribution in [0, 0.1) is 0 Å². The van der Waals surface area contributed by atoms with Crippen molar-refractivity contribution in [3.63, 3.8) is 0 Å². The second-order valence-electron chi connectivity index (χ2n) is 7.59. The van der Waals surface area contributed by atoms with E-state index in [0.717, 1.165) is 23.1 Å². The number of pyridine rings is 1. The molecule has 0 spiro atoms. The summed E-state index contributed by atoms with van der Waals surface area (Å²) in [5, 5.41) is 4.26. The molecule has 150 valence electrons. The van der Waals surface area contributed by atoms with Crippen LogP contribution >= 0.6 is 12.2 Å². The minimum atomic E-state index is 0.00459. The van der Waals surface area contributed by atoms with Crippen molar-refractivity contribution in [3.8, 4) is 5.75 Å². The smallest absolute Gasteiger partial charge is 0.170 e. The molecule has 1 aliphatic rings. The van der Waals surface area contributed by atoms with Gasteiger partial charge in [0.25, 0.3) is 0 Å². The van der Waals surface area contributed by atoms with Gasteiger partial charge in [-0.1, -0.05) is 18.2 Å². The van der Waals surface area contributed by atoms with Crippen molar-refractivity contribution in [3.05, 3.63) is 83.9 Å². The molecule has 5 nitrogen and oxygen atoms in total. The van der Waals surface area contributed by atoms with Crippen LogP contribution in [-0.2, 0) is 6.54 Å². The van der Waals surface area contributed by atoms with E-state index in [1.165, 1.54) is 11.1 Å². The summed E-state index contributed by atoms with van der Waals surface area (Å²) in [6.45, 7) is 5.09. The highest BCUT2D eigenvalue weighted by molar-refractivity contribution is 7.80. The summed E-state index contributed by atoms with van der Waals surface area (Å²) in [6.07, 6.45) is 6.20. The van der Waals surface area contributed by atoms with Gasteiger partial charge in [-0.2, -0.15) is 0 Å². The van der Waals surface area contributed by atoms with E-state index in [2.05, 4.69) is 70.3 Å². The molecule has 6 heteroatoms. The van der Waals surface area contributed by atoms with Gasteiger partial charge in [0.05, 0.1) is 24.9 Å². The maximum atomic E-state index is 5.76. The van der Waals surface area contributed by atoms with Crippen LogP contribution in [0.1, 0.15) is 48.8 Å². The van der Waals surface area contributed by atoms with Gasteiger partial charge in [-0.25, -0.2) is 0 Å². The van der Waals surface area contributed by atoms with E-state index in [4.69, 9.17) is 17.0 Å². The molecule has 1 aliphatic heterocycles. The van der Waals surface area contributed by atoms with Crippen LogP contribution in [0.5, 0.6) is 5.75 Å². The first-order chi connectivity index (χ1) is 14.1. The molecule has 1 aromatic carbocycles. The van der Waals surface area contributed by atoms with Gasteiger partial charge in [0, 0.05) is 31.2 Å². The first-order valence-corrected chi connectivity index (χ1v) is 10.3. The van der Waals surface area contributed by atoms with E-state index in [1.54, 1.807) is 7.11 Å². The van der Waals surface area contributed by atoms with Crippen molar-refractivity contribution in [2.24, 2.45) is 0 Å². The Morgan fingerprint density at radius 1 is 1.14 bits per heavy atom. The topological polar surface area (TPSA) is 42.3 Å². The molecule has 0 amide bonds. The molecule has 0 unspecified atom stereocenters. The fourth-order valence-corrected chi connectivity index (χ4v) is 4.10. The van der Waals surface area contributed by atoms with Gasteiger partial charge in [-0.05, 0) is 67.5 Å².